The molecule has 0 aliphatic rings. The lowest BCUT2D eigenvalue weighted by Gasteiger charge is -2.10. The number of nitrogens with one attached hydrogen (secondary N) is 1. The minimum Gasteiger partial charge on any atom is -0.397 e. The van der Waals surface area contributed by atoms with Gasteiger partial charge in [-0.25, -0.2) is 4.98 Å². The molecule has 0 unspecified atom stereocenters. The van der Waals surface area contributed by atoms with E-state index in [-0.39, 0.29) is 11.6 Å². The van der Waals surface area contributed by atoms with E-state index in [4.69, 9.17) is 5.73 Å². The molecule has 1 aromatic rings. The summed E-state index contributed by atoms with van der Waals surface area (Å²) in [7, 11) is 3.89. The largest absolute Gasteiger partial charge is 0.397 e. The van der Waals surface area contributed by atoms with Crippen molar-refractivity contribution in [1.29, 1.82) is 0 Å². The standard InChI is InChI=1S/C10H16N4O/c1-14(2)7-6-13-10(15)9-8(11)4-3-5-12-9/h3-5H,6-7,11H2,1-2H3,(H,13,15). The molecule has 1 rings (SSSR count). The van der Waals surface area contributed by atoms with E-state index in [0.29, 0.717) is 12.2 Å². The summed E-state index contributed by atoms with van der Waals surface area (Å²) in [6, 6.07) is 3.36. The van der Waals surface area contributed by atoms with Crippen molar-refractivity contribution in [3.63, 3.8) is 0 Å². The van der Waals surface area contributed by atoms with Crippen molar-refractivity contribution in [3.8, 4) is 0 Å². The van der Waals surface area contributed by atoms with Gasteiger partial charge in [0.15, 0.2) is 5.69 Å². The van der Waals surface area contributed by atoms with Crippen LogP contribution < -0.4 is 11.1 Å². The molecule has 1 heterocycles. The number of carbonyl (C=O) groups excluding carboxylic acids is 1. The van der Waals surface area contributed by atoms with Crippen LogP contribution in [0.25, 0.3) is 0 Å². The van der Waals surface area contributed by atoms with E-state index in [2.05, 4.69) is 10.3 Å². The number of aromatic nitrogens is 1. The van der Waals surface area contributed by atoms with Gasteiger partial charge in [-0.05, 0) is 26.2 Å². The molecule has 0 saturated heterocycles. The molecular weight excluding hydrogens is 192 g/mol. The molecule has 0 radical (unpaired) electrons. The van der Waals surface area contributed by atoms with Crippen molar-refractivity contribution in [3.05, 3.63) is 24.0 Å². The highest BCUT2D eigenvalue weighted by Gasteiger charge is 2.09. The van der Waals surface area contributed by atoms with Gasteiger partial charge >= 0.3 is 0 Å². The van der Waals surface area contributed by atoms with Gasteiger partial charge in [-0.2, -0.15) is 0 Å². The molecular formula is C10H16N4O. The van der Waals surface area contributed by atoms with Crippen LogP contribution in [0.4, 0.5) is 5.69 Å². The summed E-state index contributed by atoms with van der Waals surface area (Å²) in [6.07, 6.45) is 1.55. The second kappa shape index (κ2) is 5.31. The average molecular weight is 208 g/mol. The zero-order chi connectivity index (χ0) is 11.3. The van der Waals surface area contributed by atoms with Crippen LogP contribution in [0.15, 0.2) is 18.3 Å². The minimum absolute atomic E-state index is 0.227. The van der Waals surface area contributed by atoms with Gasteiger partial charge < -0.3 is 16.0 Å². The topological polar surface area (TPSA) is 71.2 Å². The Labute approximate surface area is 89.3 Å². The highest BCUT2D eigenvalue weighted by atomic mass is 16.1. The van der Waals surface area contributed by atoms with Gasteiger partial charge in [-0.3, -0.25) is 4.79 Å². The number of likely N-dealkylation sites (N-methyl/N-ethyl adjacent to an activating group) is 1. The number of nitrogen functional groups attached to an aromatic ring is 1. The van der Waals surface area contributed by atoms with Crippen molar-refractivity contribution in [2.75, 3.05) is 32.9 Å². The fourth-order valence-electron chi connectivity index (χ4n) is 1.08. The summed E-state index contributed by atoms with van der Waals surface area (Å²) in [4.78, 5) is 17.5. The van der Waals surface area contributed by atoms with Crippen LogP contribution in [0, 0.1) is 0 Å². The number of rotatable bonds is 4. The predicted octanol–water partition coefficient (Wildman–Crippen LogP) is -0.0448. The van der Waals surface area contributed by atoms with Crippen molar-refractivity contribution in [2.45, 2.75) is 0 Å². The van der Waals surface area contributed by atoms with Crippen molar-refractivity contribution < 1.29 is 4.79 Å². The Balaban J connectivity index is 2.51. The van der Waals surface area contributed by atoms with E-state index >= 15 is 0 Å². The lowest BCUT2D eigenvalue weighted by atomic mass is 10.3. The van der Waals surface area contributed by atoms with Crippen molar-refractivity contribution in [2.24, 2.45) is 0 Å². The number of carbonyl (C=O) groups is 1. The molecule has 0 aromatic carbocycles. The molecule has 0 aliphatic carbocycles. The lowest BCUT2D eigenvalue weighted by molar-refractivity contribution is 0.0947. The Morgan fingerprint density at radius 2 is 2.33 bits per heavy atom. The summed E-state index contributed by atoms with van der Waals surface area (Å²) in [5.74, 6) is -0.227. The average Bonchev–Trinajstić information content (AvgIpc) is 2.17. The number of nitrogens with two attached hydrogens (primary N) is 1. The molecule has 0 fully saturated rings. The van der Waals surface area contributed by atoms with Crippen LogP contribution in [-0.4, -0.2) is 43.0 Å². The Kier molecular flexibility index (Phi) is 4.05. The minimum atomic E-state index is -0.227. The first-order valence-corrected chi connectivity index (χ1v) is 4.74. The highest BCUT2D eigenvalue weighted by Crippen LogP contribution is 2.05. The number of hydrogen-bond acceptors (Lipinski definition) is 4. The van der Waals surface area contributed by atoms with Gasteiger partial charge in [0, 0.05) is 19.3 Å². The van der Waals surface area contributed by atoms with E-state index in [9.17, 15) is 4.79 Å². The summed E-state index contributed by atoms with van der Waals surface area (Å²) < 4.78 is 0. The van der Waals surface area contributed by atoms with Crippen molar-refractivity contribution >= 4 is 11.6 Å². The predicted molar refractivity (Wildman–Crippen MR) is 59.5 cm³/mol. The Bertz CT molecular complexity index is 338. The summed E-state index contributed by atoms with van der Waals surface area (Å²) in [5.41, 5.74) is 6.31. The smallest absolute Gasteiger partial charge is 0.272 e. The maximum absolute atomic E-state index is 11.6. The van der Waals surface area contributed by atoms with Gasteiger partial charge in [0.1, 0.15) is 0 Å². The first-order chi connectivity index (χ1) is 7.11. The van der Waals surface area contributed by atoms with Gasteiger partial charge in [0.05, 0.1) is 5.69 Å². The van der Waals surface area contributed by atoms with E-state index in [1.54, 1.807) is 18.3 Å². The third-order valence-corrected chi connectivity index (χ3v) is 1.90. The first-order valence-electron chi connectivity index (χ1n) is 4.74. The molecule has 0 saturated carbocycles. The SMILES string of the molecule is CN(C)CCNC(=O)c1ncccc1N. The molecule has 5 nitrogen and oxygen atoms in total. The molecule has 0 aliphatic heterocycles. The maximum atomic E-state index is 11.6. The van der Waals surface area contributed by atoms with Gasteiger partial charge in [-0.15, -0.1) is 0 Å². The van der Waals surface area contributed by atoms with Crippen LogP contribution >= 0.6 is 0 Å². The summed E-state index contributed by atoms with van der Waals surface area (Å²) in [6.45, 7) is 1.38. The molecule has 5 heteroatoms. The van der Waals surface area contributed by atoms with E-state index in [0.717, 1.165) is 6.54 Å². The van der Waals surface area contributed by atoms with Gasteiger partial charge in [-0.1, -0.05) is 0 Å². The highest BCUT2D eigenvalue weighted by molar-refractivity contribution is 5.96. The second-order valence-corrected chi connectivity index (χ2v) is 3.50. The second-order valence-electron chi connectivity index (χ2n) is 3.50. The summed E-state index contributed by atoms with van der Waals surface area (Å²) >= 11 is 0. The van der Waals surface area contributed by atoms with Crippen LogP contribution in [-0.2, 0) is 0 Å². The van der Waals surface area contributed by atoms with Crippen LogP contribution in [0.5, 0.6) is 0 Å². The number of pyridine rings is 1. The normalized spacial score (nSPS) is 10.3. The number of nitrogens with zero attached hydrogens (tertiary/aromatic N) is 2. The lowest BCUT2D eigenvalue weighted by Crippen LogP contribution is -2.32. The molecule has 0 spiro atoms. The van der Waals surface area contributed by atoms with Gasteiger partial charge in [0.25, 0.3) is 5.91 Å². The molecule has 1 aromatic heterocycles. The fraction of sp³-hybridized carbons (Fsp3) is 0.400. The van der Waals surface area contributed by atoms with Crippen molar-refractivity contribution in [1.82, 2.24) is 15.2 Å². The van der Waals surface area contributed by atoms with Gasteiger partial charge in [0.2, 0.25) is 0 Å². The van der Waals surface area contributed by atoms with Crippen LogP contribution in [0.1, 0.15) is 10.5 Å². The third kappa shape index (κ3) is 3.55. The molecule has 1 amide bonds. The van der Waals surface area contributed by atoms with Crippen LogP contribution in [0.2, 0.25) is 0 Å². The molecule has 15 heavy (non-hydrogen) atoms. The van der Waals surface area contributed by atoms with E-state index in [1.807, 2.05) is 19.0 Å². The Hall–Kier alpha value is -1.62. The first kappa shape index (κ1) is 11.5. The summed E-state index contributed by atoms with van der Waals surface area (Å²) in [5, 5.41) is 2.75. The zero-order valence-electron chi connectivity index (χ0n) is 9.03. The van der Waals surface area contributed by atoms with Crippen LogP contribution in [0.3, 0.4) is 0 Å². The molecule has 0 atom stereocenters. The monoisotopic (exact) mass is 208 g/mol. The fourth-order valence-corrected chi connectivity index (χ4v) is 1.08. The third-order valence-electron chi connectivity index (χ3n) is 1.90. The number of amides is 1. The number of anilines is 1. The number of hydrogen-bond donors (Lipinski definition) is 2. The van der Waals surface area contributed by atoms with E-state index in [1.165, 1.54) is 0 Å². The van der Waals surface area contributed by atoms with E-state index < -0.39 is 0 Å². The molecule has 82 valence electrons. The molecule has 0 bridgehead atoms. The quantitative estimate of drug-likeness (QED) is 0.728. The zero-order valence-corrected chi connectivity index (χ0v) is 9.03. The Morgan fingerprint density at radius 3 is 2.93 bits per heavy atom. The molecule has 3 N–H and O–H groups in total. The Morgan fingerprint density at radius 1 is 1.60 bits per heavy atom. The maximum Gasteiger partial charge on any atom is 0.272 e.